The summed E-state index contributed by atoms with van der Waals surface area (Å²) in [5.74, 6) is 0.818. The van der Waals surface area contributed by atoms with Gasteiger partial charge in [-0.05, 0) is 18.9 Å². The molecule has 2 aromatic heterocycles. The average Bonchev–Trinajstić information content (AvgIpc) is 2.82. The van der Waals surface area contributed by atoms with Gasteiger partial charge in [0.15, 0.2) is 6.29 Å². The van der Waals surface area contributed by atoms with Crippen molar-refractivity contribution < 1.29 is 19.1 Å². The summed E-state index contributed by atoms with van der Waals surface area (Å²) in [6.07, 6.45) is 3.72. The van der Waals surface area contributed by atoms with Crippen LogP contribution in [0.2, 0.25) is 0 Å². The maximum atomic E-state index is 13.4. The molecule has 11 nitrogen and oxygen atoms in total. The second kappa shape index (κ2) is 9.58. The highest BCUT2D eigenvalue weighted by Gasteiger charge is 2.56. The molecule has 3 N–H and O–H groups in total. The van der Waals surface area contributed by atoms with Crippen LogP contribution in [0.4, 0.5) is 22.1 Å². The minimum atomic E-state index is -0.375. The standard InChI is InChI=1S/C24H27N7O4/c1-34-5-4-26-20-6-21(27-10-15(20)9-25)30-23(33)31-18-7-24(8-18,14-28-17-12-35-13-17)19-3-2-16(11-32)29-22(19)31/h2-3,6,10-11,17-18,28H,4-5,7-8,12-14H2,1H3,(H2,26,27,30,33). The fraction of sp³-hybridized carbons (Fsp3) is 0.458. The number of carbonyl (C=O) groups excluding carboxylic acids is 2. The van der Waals surface area contributed by atoms with Crippen molar-refractivity contribution in [2.45, 2.75) is 30.3 Å². The van der Waals surface area contributed by atoms with Crippen LogP contribution in [0.3, 0.4) is 0 Å². The third-order valence-corrected chi connectivity index (χ3v) is 6.90. The van der Waals surface area contributed by atoms with E-state index in [0.29, 0.717) is 61.6 Å². The molecule has 11 heteroatoms. The molecule has 1 saturated heterocycles. The Balaban J connectivity index is 1.38. The summed E-state index contributed by atoms with van der Waals surface area (Å²) in [7, 11) is 1.60. The van der Waals surface area contributed by atoms with E-state index in [-0.39, 0.29) is 23.2 Å². The summed E-state index contributed by atoms with van der Waals surface area (Å²) in [5.41, 5.74) is 2.05. The normalized spacial score (nSPS) is 22.3. The number of nitriles is 1. The molecule has 2 fully saturated rings. The molecule has 35 heavy (non-hydrogen) atoms. The van der Waals surface area contributed by atoms with Gasteiger partial charge < -0.3 is 20.1 Å². The number of ether oxygens (including phenoxy) is 2. The second-order valence-electron chi connectivity index (χ2n) is 9.13. The van der Waals surface area contributed by atoms with E-state index in [1.54, 1.807) is 24.1 Å². The zero-order chi connectivity index (χ0) is 24.4. The van der Waals surface area contributed by atoms with Crippen LogP contribution >= 0.6 is 0 Å². The van der Waals surface area contributed by atoms with Gasteiger partial charge >= 0.3 is 6.03 Å². The number of aromatic nitrogens is 2. The van der Waals surface area contributed by atoms with Crippen molar-refractivity contribution in [2.75, 3.05) is 55.6 Å². The fourth-order valence-electron chi connectivity index (χ4n) is 4.96. The van der Waals surface area contributed by atoms with Crippen molar-refractivity contribution in [3.8, 4) is 6.07 Å². The molecular weight excluding hydrogens is 450 g/mol. The van der Waals surface area contributed by atoms with E-state index in [4.69, 9.17) is 9.47 Å². The predicted molar refractivity (Wildman–Crippen MR) is 128 cm³/mol. The molecule has 1 aliphatic carbocycles. The van der Waals surface area contributed by atoms with Crippen LogP contribution in [0.15, 0.2) is 24.4 Å². The van der Waals surface area contributed by atoms with Crippen LogP contribution in [0.1, 0.15) is 34.5 Å². The molecule has 0 unspecified atom stereocenters. The number of nitrogens with one attached hydrogen (secondary N) is 3. The van der Waals surface area contributed by atoms with E-state index in [1.807, 2.05) is 6.07 Å². The van der Waals surface area contributed by atoms with Gasteiger partial charge in [0.2, 0.25) is 0 Å². The SMILES string of the molecule is COCCNc1cc(NC(=O)N2c3nc(C=O)ccc3C3(CNC4COC4)CC2C3)ncc1C#N. The number of carbonyl (C=O) groups is 2. The van der Waals surface area contributed by atoms with Crippen molar-refractivity contribution >= 4 is 29.6 Å². The Morgan fingerprint density at radius 3 is 2.91 bits per heavy atom. The van der Waals surface area contributed by atoms with Crippen LogP contribution in [0.25, 0.3) is 0 Å². The van der Waals surface area contributed by atoms with Crippen molar-refractivity contribution in [2.24, 2.45) is 0 Å². The Morgan fingerprint density at radius 1 is 1.40 bits per heavy atom. The summed E-state index contributed by atoms with van der Waals surface area (Å²) < 4.78 is 10.3. The molecule has 0 aromatic carbocycles. The maximum absolute atomic E-state index is 13.4. The summed E-state index contributed by atoms with van der Waals surface area (Å²) in [5, 5.41) is 18.9. The zero-order valence-corrected chi connectivity index (χ0v) is 19.4. The van der Waals surface area contributed by atoms with Crippen LogP contribution in [0.5, 0.6) is 0 Å². The van der Waals surface area contributed by atoms with E-state index in [0.717, 1.165) is 24.9 Å². The quantitative estimate of drug-likeness (QED) is 0.363. The summed E-state index contributed by atoms with van der Waals surface area (Å²) in [4.78, 5) is 35.2. The fourth-order valence-corrected chi connectivity index (χ4v) is 4.96. The van der Waals surface area contributed by atoms with E-state index >= 15 is 0 Å². The molecule has 0 spiro atoms. The number of amides is 2. The number of rotatable bonds is 9. The summed E-state index contributed by atoms with van der Waals surface area (Å²) in [6.45, 7) is 3.17. The molecule has 0 radical (unpaired) electrons. The molecule has 5 heterocycles. The average molecular weight is 478 g/mol. The second-order valence-corrected chi connectivity index (χ2v) is 9.13. The number of nitrogens with zero attached hydrogens (tertiary/aromatic N) is 4. The third-order valence-electron chi connectivity index (χ3n) is 6.90. The molecule has 2 aromatic rings. The van der Waals surface area contributed by atoms with Gasteiger partial charge in [-0.3, -0.25) is 15.0 Å². The number of hydrogen-bond donors (Lipinski definition) is 3. The van der Waals surface area contributed by atoms with Gasteiger partial charge in [0.1, 0.15) is 23.4 Å². The van der Waals surface area contributed by atoms with Crippen molar-refractivity contribution in [3.63, 3.8) is 0 Å². The lowest BCUT2D eigenvalue weighted by molar-refractivity contribution is -0.0106. The summed E-state index contributed by atoms with van der Waals surface area (Å²) in [6, 6.07) is 7.28. The lowest BCUT2D eigenvalue weighted by atomic mass is 9.58. The first-order valence-electron chi connectivity index (χ1n) is 11.6. The van der Waals surface area contributed by atoms with Crippen molar-refractivity contribution in [1.82, 2.24) is 15.3 Å². The monoisotopic (exact) mass is 477 g/mol. The highest BCUT2D eigenvalue weighted by Crippen LogP contribution is 2.54. The number of aldehydes is 1. The van der Waals surface area contributed by atoms with Crippen LogP contribution < -0.4 is 20.9 Å². The first-order chi connectivity index (χ1) is 17.1. The van der Waals surface area contributed by atoms with Crippen LogP contribution in [-0.4, -0.2) is 74.4 Å². The molecule has 0 atom stereocenters. The molecule has 2 amide bonds. The first-order valence-corrected chi connectivity index (χ1v) is 11.6. The van der Waals surface area contributed by atoms with Gasteiger partial charge in [0.25, 0.3) is 0 Å². The number of urea groups is 1. The topological polar surface area (TPSA) is 142 Å². The Hall–Kier alpha value is -3.59. The van der Waals surface area contributed by atoms with E-state index < -0.39 is 0 Å². The van der Waals surface area contributed by atoms with E-state index in [1.165, 1.54) is 6.20 Å². The van der Waals surface area contributed by atoms with Gasteiger partial charge in [-0.15, -0.1) is 0 Å². The molecule has 1 saturated carbocycles. The van der Waals surface area contributed by atoms with Gasteiger partial charge in [0.05, 0.1) is 37.1 Å². The number of methoxy groups -OCH3 is 1. The minimum Gasteiger partial charge on any atom is -0.383 e. The zero-order valence-electron chi connectivity index (χ0n) is 19.4. The van der Waals surface area contributed by atoms with Gasteiger partial charge in [0, 0.05) is 49.5 Å². The van der Waals surface area contributed by atoms with Crippen molar-refractivity contribution in [3.05, 3.63) is 41.2 Å². The Bertz CT molecular complexity index is 1170. The Kier molecular flexibility index (Phi) is 6.34. The molecule has 4 aliphatic rings. The minimum absolute atomic E-state index is 0.0333. The lowest BCUT2D eigenvalue weighted by Crippen LogP contribution is -2.65. The van der Waals surface area contributed by atoms with Crippen LogP contribution in [0, 0.1) is 11.3 Å². The first kappa shape index (κ1) is 23.2. The molecular formula is C24H27N7O4. The Labute approximate surface area is 202 Å². The number of pyridine rings is 2. The smallest absolute Gasteiger partial charge is 0.328 e. The number of anilines is 3. The van der Waals surface area contributed by atoms with Gasteiger partial charge in [-0.1, -0.05) is 6.07 Å². The van der Waals surface area contributed by atoms with E-state index in [9.17, 15) is 14.9 Å². The van der Waals surface area contributed by atoms with E-state index in [2.05, 4.69) is 32.0 Å². The highest BCUT2D eigenvalue weighted by molar-refractivity contribution is 6.03. The highest BCUT2D eigenvalue weighted by atomic mass is 16.5. The molecule has 3 aliphatic heterocycles. The number of hydrogen-bond acceptors (Lipinski definition) is 9. The van der Waals surface area contributed by atoms with Crippen LogP contribution in [-0.2, 0) is 14.9 Å². The summed E-state index contributed by atoms with van der Waals surface area (Å²) >= 11 is 0. The predicted octanol–water partition coefficient (Wildman–Crippen LogP) is 1.66. The molecule has 2 bridgehead atoms. The molecule has 182 valence electrons. The lowest BCUT2D eigenvalue weighted by Gasteiger charge is -2.57. The van der Waals surface area contributed by atoms with Gasteiger partial charge in [-0.25, -0.2) is 14.8 Å². The Morgan fingerprint density at radius 2 is 2.23 bits per heavy atom. The third kappa shape index (κ3) is 4.32. The maximum Gasteiger partial charge on any atom is 0.328 e. The largest absolute Gasteiger partial charge is 0.383 e. The van der Waals surface area contributed by atoms with Crippen molar-refractivity contribution in [1.29, 1.82) is 5.26 Å². The van der Waals surface area contributed by atoms with Gasteiger partial charge in [-0.2, -0.15) is 5.26 Å². The molecule has 6 rings (SSSR count).